The molecule has 8 heteroatoms. The molecule has 0 radical (unpaired) electrons. The van der Waals surface area contributed by atoms with Gasteiger partial charge >= 0.3 is 13.3 Å². The van der Waals surface area contributed by atoms with Gasteiger partial charge in [-0.2, -0.15) is 8.78 Å². The van der Waals surface area contributed by atoms with Crippen LogP contribution in [-0.2, 0) is 9.36 Å². The minimum absolute atomic E-state index is 0.0701. The molecule has 0 spiro atoms. The summed E-state index contributed by atoms with van der Waals surface area (Å²) in [6.07, 6.45) is 8.14. The summed E-state index contributed by atoms with van der Waals surface area (Å²) in [6, 6.07) is 0. The number of carbonyl (C=O) groups is 1. The number of nitrogens with zero attached hydrogens (tertiary/aromatic N) is 1. The van der Waals surface area contributed by atoms with Crippen LogP contribution in [0.1, 0.15) is 64.2 Å². The van der Waals surface area contributed by atoms with Crippen LogP contribution in [0.25, 0.3) is 0 Å². The lowest BCUT2D eigenvalue weighted by atomic mass is 10.1. The van der Waals surface area contributed by atoms with Gasteiger partial charge in [0.05, 0.1) is 0 Å². The molecule has 0 fully saturated rings. The number of hydrogen-bond acceptors (Lipinski definition) is 2. The first-order valence-electron chi connectivity index (χ1n) is 8.43. The van der Waals surface area contributed by atoms with Gasteiger partial charge in [-0.3, -0.25) is 9.36 Å². The van der Waals surface area contributed by atoms with E-state index in [4.69, 9.17) is 9.79 Å². The third-order valence-corrected chi connectivity index (χ3v) is 5.02. The van der Waals surface area contributed by atoms with E-state index in [1.165, 1.54) is 6.08 Å². The van der Waals surface area contributed by atoms with Gasteiger partial charge in [0.25, 0.3) is 0 Å². The Balaban J connectivity index is 3.45. The summed E-state index contributed by atoms with van der Waals surface area (Å²) < 4.78 is 36.6. The molecule has 1 amide bonds. The average Bonchev–Trinajstić information content (AvgIpc) is 2.50. The first-order valence-corrected chi connectivity index (χ1v) is 10.0. The third-order valence-electron chi connectivity index (χ3n) is 3.95. The van der Waals surface area contributed by atoms with Gasteiger partial charge in [-0.05, 0) is 18.9 Å². The zero-order valence-electron chi connectivity index (χ0n) is 14.4. The summed E-state index contributed by atoms with van der Waals surface area (Å²) in [5.41, 5.74) is -3.90. The number of hydrogen-bond donors (Lipinski definition) is 2. The third kappa shape index (κ3) is 10.2. The summed E-state index contributed by atoms with van der Waals surface area (Å²) in [6.45, 7) is 4.16. The molecule has 0 bridgehead atoms. The Labute approximate surface area is 143 Å². The van der Waals surface area contributed by atoms with Crippen molar-refractivity contribution in [1.82, 2.24) is 4.90 Å². The van der Waals surface area contributed by atoms with E-state index in [0.29, 0.717) is 6.42 Å². The first kappa shape index (κ1) is 23.2. The average molecular weight is 369 g/mol. The highest BCUT2D eigenvalue weighted by atomic mass is 31.2. The van der Waals surface area contributed by atoms with Crippen LogP contribution in [0.15, 0.2) is 12.7 Å². The fourth-order valence-corrected chi connectivity index (χ4v) is 2.79. The van der Waals surface area contributed by atoms with Crippen LogP contribution in [0, 0.1) is 0 Å². The number of carbonyl (C=O) groups excluding carboxylic acids is 1. The molecule has 0 heterocycles. The van der Waals surface area contributed by atoms with E-state index in [2.05, 4.69) is 6.58 Å². The molecule has 0 aliphatic heterocycles. The fraction of sp³-hybridized carbons (Fsp3) is 0.812. The van der Waals surface area contributed by atoms with E-state index >= 15 is 0 Å². The van der Waals surface area contributed by atoms with Crippen molar-refractivity contribution in [2.75, 3.05) is 13.6 Å². The van der Waals surface area contributed by atoms with Crippen LogP contribution >= 0.6 is 7.60 Å². The van der Waals surface area contributed by atoms with Gasteiger partial charge < -0.3 is 14.7 Å². The van der Waals surface area contributed by atoms with Gasteiger partial charge in [0.1, 0.15) is 0 Å². The number of rotatable bonds is 14. The largest absolute Gasteiger partial charge is 0.394 e. The summed E-state index contributed by atoms with van der Waals surface area (Å²) in [5, 5.41) is 0. The lowest BCUT2D eigenvalue weighted by Gasteiger charge is -2.17. The molecule has 142 valence electrons. The van der Waals surface area contributed by atoms with Crippen LogP contribution in [-0.4, -0.2) is 39.8 Å². The minimum atomic E-state index is -5.32. The van der Waals surface area contributed by atoms with Crippen LogP contribution in [0.2, 0.25) is 0 Å². The van der Waals surface area contributed by atoms with Gasteiger partial charge in [-0.1, -0.05) is 51.5 Å². The Hall–Kier alpha value is -0.780. The number of halogens is 2. The van der Waals surface area contributed by atoms with Crippen molar-refractivity contribution in [3.63, 3.8) is 0 Å². The molecule has 0 atom stereocenters. The molecule has 0 unspecified atom stereocenters. The standard InChI is InChI=1S/C16H30F2NO4P/c1-3-15(20)19(2)14-12-10-8-6-4-5-7-9-11-13-16(17,18)24(21,22)23/h3H,1,4-14H2,2H3,(H2,21,22,23). The Morgan fingerprint density at radius 2 is 1.46 bits per heavy atom. The number of unbranched alkanes of at least 4 members (excludes halogenated alkanes) is 8. The van der Waals surface area contributed by atoms with Crippen LogP contribution in [0.4, 0.5) is 8.78 Å². The van der Waals surface area contributed by atoms with E-state index in [-0.39, 0.29) is 12.3 Å². The van der Waals surface area contributed by atoms with Crippen LogP contribution < -0.4 is 0 Å². The smallest absolute Gasteiger partial charge is 0.342 e. The van der Waals surface area contributed by atoms with Crippen LogP contribution in [0.5, 0.6) is 0 Å². The van der Waals surface area contributed by atoms with Gasteiger partial charge in [-0.25, -0.2) is 0 Å². The number of amides is 1. The molecule has 0 aromatic heterocycles. The van der Waals surface area contributed by atoms with Crippen LogP contribution in [0.3, 0.4) is 0 Å². The second-order valence-electron chi connectivity index (χ2n) is 6.11. The van der Waals surface area contributed by atoms with Gasteiger partial charge in [0, 0.05) is 20.0 Å². The molecule has 0 aliphatic carbocycles. The molecule has 0 aromatic carbocycles. The normalized spacial score (nSPS) is 12.2. The highest BCUT2D eigenvalue weighted by Gasteiger charge is 2.47. The maximum Gasteiger partial charge on any atom is 0.394 e. The molecule has 0 aromatic rings. The lowest BCUT2D eigenvalue weighted by molar-refractivity contribution is -0.124. The quantitative estimate of drug-likeness (QED) is 0.272. The van der Waals surface area contributed by atoms with Crippen molar-refractivity contribution >= 4 is 13.5 Å². The van der Waals surface area contributed by atoms with Gasteiger partial charge in [-0.15, -0.1) is 0 Å². The van der Waals surface area contributed by atoms with Crippen molar-refractivity contribution in [1.29, 1.82) is 0 Å². The maximum atomic E-state index is 13.0. The fourth-order valence-electron chi connectivity index (χ4n) is 2.34. The molecule has 2 N–H and O–H groups in total. The second kappa shape index (κ2) is 11.7. The van der Waals surface area contributed by atoms with Crippen molar-refractivity contribution in [2.24, 2.45) is 0 Å². The van der Waals surface area contributed by atoms with Crippen molar-refractivity contribution < 1.29 is 27.9 Å². The molecule has 0 saturated heterocycles. The highest BCUT2D eigenvalue weighted by molar-refractivity contribution is 7.53. The predicted octanol–water partition coefficient (Wildman–Crippen LogP) is 4.30. The van der Waals surface area contributed by atoms with Gasteiger partial charge in [0.15, 0.2) is 0 Å². The molecule has 0 saturated carbocycles. The molecule has 0 aliphatic rings. The van der Waals surface area contributed by atoms with Crippen molar-refractivity contribution in [2.45, 2.75) is 69.9 Å². The molecule has 5 nitrogen and oxygen atoms in total. The molecular formula is C16H30F2NO4P. The molecular weight excluding hydrogens is 339 g/mol. The van der Waals surface area contributed by atoms with E-state index in [0.717, 1.165) is 51.5 Å². The van der Waals surface area contributed by atoms with Crippen molar-refractivity contribution in [3.05, 3.63) is 12.7 Å². The zero-order chi connectivity index (χ0) is 18.6. The molecule has 0 rings (SSSR count). The molecule has 24 heavy (non-hydrogen) atoms. The van der Waals surface area contributed by atoms with E-state index in [1.807, 2.05) is 0 Å². The number of likely N-dealkylation sites (N-methyl/N-ethyl adjacent to an activating group) is 1. The Kier molecular flexibility index (Phi) is 11.3. The summed E-state index contributed by atoms with van der Waals surface area (Å²) in [7, 11) is -3.57. The second-order valence-corrected chi connectivity index (χ2v) is 7.85. The first-order chi connectivity index (χ1) is 11.1. The van der Waals surface area contributed by atoms with E-state index in [1.54, 1.807) is 11.9 Å². The summed E-state index contributed by atoms with van der Waals surface area (Å²) in [5.74, 6) is -0.0701. The monoisotopic (exact) mass is 369 g/mol. The minimum Gasteiger partial charge on any atom is -0.342 e. The Morgan fingerprint density at radius 3 is 1.88 bits per heavy atom. The maximum absolute atomic E-state index is 13.0. The lowest BCUT2D eigenvalue weighted by Crippen LogP contribution is -2.25. The SMILES string of the molecule is C=CC(=O)N(C)CCCCCCCCCCCC(F)(F)P(=O)(O)O. The number of alkyl halides is 2. The van der Waals surface area contributed by atoms with E-state index in [9.17, 15) is 18.1 Å². The topological polar surface area (TPSA) is 77.8 Å². The van der Waals surface area contributed by atoms with E-state index < -0.39 is 19.7 Å². The summed E-state index contributed by atoms with van der Waals surface area (Å²) in [4.78, 5) is 29.9. The predicted molar refractivity (Wildman–Crippen MR) is 91.0 cm³/mol. The highest BCUT2D eigenvalue weighted by Crippen LogP contribution is 2.55. The zero-order valence-corrected chi connectivity index (χ0v) is 15.3. The Morgan fingerprint density at radius 1 is 1.04 bits per heavy atom. The van der Waals surface area contributed by atoms with Crippen molar-refractivity contribution in [3.8, 4) is 0 Å². The summed E-state index contributed by atoms with van der Waals surface area (Å²) >= 11 is 0. The Bertz CT molecular complexity index is 426. The van der Waals surface area contributed by atoms with Gasteiger partial charge in [0.2, 0.25) is 5.91 Å².